The molecule has 0 aromatic carbocycles. The van der Waals surface area contributed by atoms with Crippen molar-refractivity contribution in [3.63, 3.8) is 0 Å². The van der Waals surface area contributed by atoms with Crippen molar-refractivity contribution in [2.24, 2.45) is 0 Å². The highest BCUT2D eigenvalue weighted by atomic mass is 32.1. The van der Waals surface area contributed by atoms with Gasteiger partial charge in [0.15, 0.2) is 0 Å². The fourth-order valence-electron chi connectivity index (χ4n) is 2.75. The van der Waals surface area contributed by atoms with E-state index >= 15 is 0 Å². The number of anilines is 2. The summed E-state index contributed by atoms with van der Waals surface area (Å²) >= 11 is 1.65. The van der Waals surface area contributed by atoms with Crippen LogP contribution in [0.15, 0.2) is 6.07 Å². The molecule has 1 aliphatic rings. The number of aryl methyl sites for hydroxylation is 1. The van der Waals surface area contributed by atoms with Gasteiger partial charge in [0.2, 0.25) is 5.95 Å². The van der Waals surface area contributed by atoms with Crippen LogP contribution in [0.4, 0.5) is 11.8 Å². The van der Waals surface area contributed by atoms with Gasteiger partial charge in [0.05, 0.1) is 11.0 Å². The molecule has 2 aromatic heterocycles. The lowest BCUT2D eigenvalue weighted by atomic mass is 10.0. The fourth-order valence-corrected chi connectivity index (χ4v) is 3.73. The van der Waals surface area contributed by atoms with Gasteiger partial charge in [-0.15, -0.1) is 11.3 Å². The second kappa shape index (κ2) is 5.18. The Morgan fingerprint density at radius 1 is 1.40 bits per heavy atom. The largest absolute Gasteiger partial charge is 0.388 e. The van der Waals surface area contributed by atoms with Crippen LogP contribution >= 0.6 is 11.3 Å². The van der Waals surface area contributed by atoms with Crippen LogP contribution in [0.5, 0.6) is 0 Å². The van der Waals surface area contributed by atoms with E-state index in [4.69, 9.17) is 5.73 Å². The van der Waals surface area contributed by atoms with Crippen LogP contribution < -0.4 is 11.1 Å². The van der Waals surface area contributed by atoms with Crippen molar-refractivity contribution in [3.05, 3.63) is 10.9 Å². The van der Waals surface area contributed by atoms with Gasteiger partial charge in [0, 0.05) is 11.4 Å². The Labute approximate surface area is 122 Å². The van der Waals surface area contributed by atoms with Crippen molar-refractivity contribution in [3.8, 4) is 0 Å². The summed E-state index contributed by atoms with van der Waals surface area (Å²) in [5.41, 5.74) is 5.17. The first-order valence-electron chi connectivity index (χ1n) is 7.12. The summed E-state index contributed by atoms with van der Waals surface area (Å²) in [4.78, 5) is 10.8. The van der Waals surface area contributed by atoms with E-state index in [0.29, 0.717) is 6.54 Å². The molecule has 0 radical (unpaired) electrons. The number of rotatable bonds is 4. The van der Waals surface area contributed by atoms with Gasteiger partial charge in [0.1, 0.15) is 10.6 Å². The van der Waals surface area contributed by atoms with Crippen LogP contribution in [-0.4, -0.2) is 27.2 Å². The van der Waals surface area contributed by atoms with E-state index in [-0.39, 0.29) is 5.95 Å². The van der Waals surface area contributed by atoms with Crippen molar-refractivity contribution in [1.29, 1.82) is 0 Å². The van der Waals surface area contributed by atoms with E-state index in [9.17, 15) is 5.11 Å². The summed E-state index contributed by atoms with van der Waals surface area (Å²) in [6.45, 7) is 2.64. The summed E-state index contributed by atoms with van der Waals surface area (Å²) in [5, 5.41) is 14.7. The first-order chi connectivity index (χ1) is 9.59. The van der Waals surface area contributed by atoms with Crippen LogP contribution in [0.25, 0.3) is 10.2 Å². The molecular weight excluding hydrogens is 272 g/mol. The molecular formula is C14H20N4OS. The maximum atomic E-state index is 10.4. The van der Waals surface area contributed by atoms with E-state index in [1.54, 1.807) is 11.3 Å². The molecule has 0 aliphatic heterocycles. The van der Waals surface area contributed by atoms with Crippen LogP contribution in [0.2, 0.25) is 0 Å². The molecule has 1 aliphatic carbocycles. The van der Waals surface area contributed by atoms with E-state index < -0.39 is 5.60 Å². The zero-order valence-electron chi connectivity index (χ0n) is 11.6. The van der Waals surface area contributed by atoms with Gasteiger partial charge in [-0.2, -0.15) is 4.98 Å². The number of aromatic nitrogens is 2. The van der Waals surface area contributed by atoms with Crippen LogP contribution in [0, 0.1) is 0 Å². The number of nitrogens with two attached hydrogens (primary N) is 1. The maximum Gasteiger partial charge on any atom is 0.223 e. The number of nitrogens with one attached hydrogen (secondary N) is 1. The van der Waals surface area contributed by atoms with E-state index in [0.717, 1.165) is 48.1 Å². The quantitative estimate of drug-likeness (QED) is 0.806. The zero-order valence-corrected chi connectivity index (χ0v) is 12.5. The molecule has 1 fully saturated rings. The van der Waals surface area contributed by atoms with E-state index in [2.05, 4.69) is 28.3 Å². The molecule has 5 nitrogen and oxygen atoms in total. The monoisotopic (exact) mass is 292 g/mol. The molecule has 0 atom stereocenters. The number of fused-ring (bicyclic) bond motifs is 1. The van der Waals surface area contributed by atoms with Crippen LogP contribution in [-0.2, 0) is 6.42 Å². The van der Waals surface area contributed by atoms with Gasteiger partial charge in [-0.25, -0.2) is 4.98 Å². The first kappa shape index (κ1) is 13.6. The lowest BCUT2D eigenvalue weighted by molar-refractivity contribution is 0.0614. The summed E-state index contributed by atoms with van der Waals surface area (Å²) < 4.78 is 0. The van der Waals surface area contributed by atoms with E-state index in [1.807, 2.05) is 0 Å². The Morgan fingerprint density at radius 2 is 2.15 bits per heavy atom. The molecule has 3 rings (SSSR count). The number of hydrogen-bond donors (Lipinski definition) is 3. The molecule has 20 heavy (non-hydrogen) atoms. The summed E-state index contributed by atoms with van der Waals surface area (Å²) in [6, 6.07) is 2.11. The average molecular weight is 292 g/mol. The van der Waals surface area contributed by atoms with Crippen molar-refractivity contribution in [1.82, 2.24) is 9.97 Å². The van der Waals surface area contributed by atoms with Crippen molar-refractivity contribution >= 4 is 33.3 Å². The Kier molecular flexibility index (Phi) is 3.52. The highest BCUT2D eigenvalue weighted by molar-refractivity contribution is 7.18. The third-order valence-corrected chi connectivity index (χ3v) is 5.10. The zero-order chi connectivity index (χ0) is 14.2. The molecule has 0 saturated heterocycles. The van der Waals surface area contributed by atoms with Gasteiger partial charge >= 0.3 is 0 Å². The molecule has 1 saturated carbocycles. The molecule has 2 heterocycles. The van der Waals surface area contributed by atoms with Crippen molar-refractivity contribution in [2.75, 3.05) is 17.6 Å². The number of nitrogens with zero attached hydrogens (tertiary/aromatic N) is 2. The van der Waals surface area contributed by atoms with Gasteiger partial charge in [-0.3, -0.25) is 0 Å². The highest BCUT2D eigenvalue weighted by Gasteiger charge is 2.31. The van der Waals surface area contributed by atoms with Gasteiger partial charge in [0.25, 0.3) is 0 Å². The number of thiophene rings is 1. The predicted molar refractivity (Wildman–Crippen MR) is 83.1 cm³/mol. The lowest BCUT2D eigenvalue weighted by Gasteiger charge is -2.22. The standard InChI is InChI=1S/C14H20N4OS/c1-2-9-7-10-11(17-13(15)18-12(10)20-9)16-8-14(19)5-3-4-6-14/h7,19H,2-6,8H2,1H3,(H3,15,16,17,18). The third-order valence-electron chi connectivity index (χ3n) is 3.93. The normalized spacial score (nSPS) is 17.7. The van der Waals surface area contributed by atoms with Gasteiger partial charge < -0.3 is 16.2 Å². The maximum absolute atomic E-state index is 10.4. The average Bonchev–Trinajstić information content (AvgIpc) is 3.02. The second-order valence-electron chi connectivity index (χ2n) is 5.50. The number of aliphatic hydroxyl groups is 1. The molecule has 0 spiro atoms. The first-order valence-corrected chi connectivity index (χ1v) is 7.93. The van der Waals surface area contributed by atoms with Crippen LogP contribution in [0.3, 0.4) is 0 Å². The minimum atomic E-state index is -0.602. The minimum Gasteiger partial charge on any atom is -0.388 e. The second-order valence-corrected chi connectivity index (χ2v) is 6.62. The summed E-state index contributed by atoms with van der Waals surface area (Å²) in [5.74, 6) is 1.02. The third kappa shape index (κ3) is 2.58. The minimum absolute atomic E-state index is 0.280. The Bertz CT molecular complexity index is 619. The number of hydrogen-bond acceptors (Lipinski definition) is 6. The van der Waals surface area contributed by atoms with Crippen LogP contribution in [0.1, 0.15) is 37.5 Å². The topological polar surface area (TPSA) is 84.1 Å². The molecule has 108 valence electrons. The Hall–Kier alpha value is -1.40. The fraction of sp³-hybridized carbons (Fsp3) is 0.571. The Morgan fingerprint density at radius 3 is 2.85 bits per heavy atom. The SMILES string of the molecule is CCc1cc2c(NCC3(O)CCCC3)nc(N)nc2s1. The van der Waals surface area contributed by atoms with Gasteiger partial charge in [-0.05, 0) is 25.3 Å². The Balaban J connectivity index is 1.88. The summed E-state index contributed by atoms with van der Waals surface area (Å²) in [7, 11) is 0. The molecule has 4 N–H and O–H groups in total. The van der Waals surface area contributed by atoms with E-state index in [1.165, 1.54) is 4.88 Å². The van der Waals surface area contributed by atoms with Crippen molar-refractivity contribution < 1.29 is 5.11 Å². The molecule has 2 aromatic rings. The lowest BCUT2D eigenvalue weighted by Crippen LogP contribution is -2.33. The molecule has 0 unspecified atom stereocenters. The molecule has 6 heteroatoms. The van der Waals surface area contributed by atoms with Crippen molar-refractivity contribution in [2.45, 2.75) is 44.6 Å². The molecule has 0 bridgehead atoms. The molecule has 0 amide bonds. The van der Waals surface area contributed by atoms with Gasteiger partial charge in [-0.1, -0.05) is 19.8 Å². The number of nitrogen functional groups attached to an aromatic ring is 1. The predicted octanol–water partition coefficient (Wildman–Crippen LogP) is 2.55. The highest BCUT2D eigenvalue weighted by Crippen LogP contribution is 2.32. The summed E-state index contributed by atoms with van der Waals surface area (Å²) in [6.07, 6.45) is 4.88. The smallest absolute Gasteiger partial charge is 0.223 e.